The van der Waals surface area contributed by atoms with Crippen LogP contribution in [0.25, 0.3) is 0 Å². The molecule has 0 atom stereocenters. The molecule has 1 aliphatic heterocycles. The van der Waals surface area contributed by atoms with E-state index in [0.29, 0.717) is 17.9 Å². The number of aliphatic imine (C=N–C) groups is 1. The molecule has 0 amide bonds. The normalized spacial score (nSPS) is 12.8. The molecule has 25 heavy (non-hydrogen) atoms. The summed E-state index contributed by atoms with van der Waals surface area (Å²) in [6, 6.07) is 10.9. The molecule has 6 nitrogen and oxygen atoms in total. The smallest absolute Gasteiger partial charge is 0.493 e. The first-order valence-electron chi connectivity index (χ1n) is 7.89. The molecule has 0 bridgehead atoms. The van der Waals surface area contributed by atoms with Crippen LogP contribution < -0.4 is 14.2 Å². The maximum absolute atomic E-state index is 10.6. The first-order valence-corrected chi connectivity index (χ1v) is 7.89. The van der Waals surface area contributed by atoms with Crippen LogP contribution in [0.15, 0.2) is 41.4 Å². The molecule has 2 aromatic carbocycles. The molecule has 0 saturated carbocycles. The molecular formula is C19H19NO5. The first kappa shape index (κ1) is 16.8. The molecule has 2 aromatic rings. The van der Waals surface area contributed by atoms with Crippen LogP contribution in [-0.2, 0) is 12.8 Å². The second-order valence-electron chi connectivity index (χ2n) is 5.63. The van der Waals surface area contributed by atoms with Gasteiger partial charge in [-0.3, -0.25) is 4.99 Å². The number of fused-ring (bicyclic) bond motifs is 1. The minimum absolute atomic E-state index is 0.300. The summed E-state index contributed by atoms with van der Waals surface area (Å²) in [5, 5.41) is 8.64. The third kappa shape index (κ3) is 3.74. The summed E-state index contributed by atoms with van der Waals surface area (Å²) in [6.45, 7) is 0.734. The zero-order valence-corrected chi connectivity index (χ0v) is 14.1. The van der Waals surface area contributed by atoms with E-state index in [2.05, 4.69) is 9.73 Å². The molecule has 0 radical (unpaired) electrons. The number of nitrogens with zero attached hydrogens (tertiary/aromatic N) is 1. The fraction of sp³-hybridized carbons (Fsp3) is 0.263. The van der Waals surface area contributed by atoms with Crippen molar-refractivity contribution in [2.24, 2.45) is 4.99 Å². The number of methoxy groups -OCH3 is 2. The van der Waals surface area contributed by atoms with Crippen molar-refractivity contribution in [1.82, 2.24) is 0 Å². The highest BCUT2D eigenvalue weighted by atomic mass is 16.7. The molecular weight excluding hydrogens is 322 g/mol. The van der Waals surface area contributed by atoms with E-state index < -0.39 is 6.16 Å². The molecule has 1 aliphatic rings. The molecule has 1 heterocycles. The van der Waals surface area contributed by atoms with Crippen molar-refractivity contribution >= 4 is 11.9 Å². The van der Waals surface area contributed by atoms with Gasteiger partial charge >= 0.3 is 6.16 Å². The predicted octanol–water partition coefficient (Wildman–Crippen LogP) is 3.35. The average Bonchev–Trinajstić information content (AvgIpc) is 2.62. The molecule has 0 spiro atoms. The van der Waals surface area contributed by atoms with Crippen LogP contribution in [0.1, 0.15) is 16.7 Å². The molecule has 0 unspecified atom stereocenters. The Morgan fingerprint density at radius 1 is 1.12 bits per heavy atom. The summed E-state index contributed by atoms with van der Waals surface area (Å²) in [4.78, 5) is 15.2. The molecule has 3 rings (SSSR count). The number of carboxylic acid groups (broad SMARTS) is 1. The van der Waals surface area contributed by atoms with E-state index in [0.717, 1.165) is 35.6 Å². The molecule has 1 N–H and O–H groups in total. The van der Waals surface area contributed by atoms with Gasteiger partial charge < -0.3 is 19.3 Å². The van der Waals surface area contributed by atoms with Crippen molar-refractivity contribution in [2.45, 2.75) is 12.8 Å². The standard InChI is InChI=1S/C19H19NO5/c1-23-17-10-13-7-8-20-16(15(13)11-18(17)24-2)9-12-3-5-14(6-4-12)25-19(21)22/h3-6,10-11H,7-9H2,1-2H3,(H,21,22). The van der Waals surface area contributed by atoms with E-state index in [1.54, 1.807) is 26.4 Å². The largest absolute Gasteiger partial charge is 0.511 e. The third-order valence-corrected chi connectivity index (χ3v) is 4.10. The van der Waals surface area contributed by atoms with Gasteiger partial charge in [0.1, 0.15) is 5.75 Å². The number of carbonyl (C=O) groups is 1. The number of rotatable bonds is 5. The second kappa shape index (κ2) is 7.25. The van der Waals surface area contributed by atoms with Crippen LogP contribution in [0.5, 0.6) is 17.2 Å². The van der Waals surface area contributed by atoms with Gasteiger partial charge in [-0.05, 0) is 41.8 Å². The summed E-state index contributed by atoms with van der Waals surface area (Å²) >= 11 is 0. The van der Waals surface area contributed by atoms with Crippen LogP contribution in [0.3, 0.4) is 0 Å². The van der Waals surface area contributed by atoms with E-state index in [1.807, 2.05) is 24.3 Å². The minimum atomic E-state index is -1.32. The van der Waals surface area contributed by atoms with E-state index in [-0.39, 0.29) is 0 Å². The maximum atomic E-state index is 10.6. The number of hydrogen-bond donors (Lipinski definition) is 1. The quantitative estimate of drug-likeness (QED) is 0.666. The third-order valence-electron chi connectivity index (χ3n) is 4.10. The fourth-order valence-corrected chi connectivity index (χ4v) is 2.91. The Bertz CT molecular complexity index is 811. The Kier molecular flexibility index (Phi) is 4.88. The van der Waals surface area contributed by atoms with E-state index >= 15 is 0 Å². The van der Waals surface area contributed by atoms with E-state index in [4.69, 9.17) is 14.6 Å². The lowest BCUT2D eigenvalue weighted by Gasteiger charge is -2.20. The summed E-state index contributed by atoms with van der Waals surface area (Å²) in [5.41, 5.74) is 4.26. The van der Waals surface area contributed by atoms with Gasteiger partial charge in [-0.2, -0.15) is 0 Å². The number of benzene rings is 2. The average molecular weight is 341 g/mol. The SMILES string of the molecule is COc1cc2c(cc1OC)C(Cc1ccc(OC(=O)O)cc1)=NCC2. The van der Waals surface area contributed by atoms with Crippen molar-refractivity contribution in [3.63, 3.8) is 0 Å². The summed E-state index contributed by atoms with van der Waals surface area (Å²) in [6.07, 6.45) is 0.194. The van der Waals surface area contributed by atoms with E-state index in [9.17, 15) is 4.79 Å². The van der Waals surface area contributed by atoms with Gasteiger partial charge in [0.25, 0.3) is 0 Å². The second-order valence-corrected chi connectivity index (χ2v) is 5.63. The lowest BCUT2D eigenvalue weighted by Crippen LogP contribution is -2.16. The summed E-state index contributed by atoms with van der Waals surface area (Å²) in [7, 11) is 3.24. The maximum Gasteiger partial charge on any atom is 0.511 e. The van der Waals surface area contributed by atoms with Crippen LogP contribution in [0.2, 0.25) is 0 Å². The van der Waals surface area contributed by atoms with Crippen molar-refractivity contribution in [3.05, 3.63) is 53.1 Å². The highest BCUT2D eigenvalue weighted by Crippen LogP contribution is 2.33. The molecule has 0 saturated heterocycles. The van der Waals surface area contributed by atoms with Gasteiger partial charge in [0.15, 0.2) is 11.5 Å². The lowest BCUT2D eigenvalue weighted by atomic mass is 9.93. The van der Waals surface area contributed by atoms with Gasteiger partial charge in [0, 0.05) is 24.2 Å². The van der Waals surface area contributed by atoms with Crippen molar-refractivity contribution in [2.75, 3.05) is 20.8 Å². The number of ether oxygens (including phenoxy) is 3. The van der Waals surface area contributed by atoms with Gasteiger partial charge in [0.05, 0.1) is 14.2 Å². The fourth-order valence-electron chi connectivity index (χ4n) is 2.91. The van der Waals surface area contributed by atoms with Crippen molar-refractivity contribution in [3.8, 4) is 17.2 Å². The van der Waals surface area contributed by atoms with E-state index in [1.165, 1.54) is 5.56 Å². The Hall–Kier alpha value is -3.02. The minimum Gasteiger partial charge on any atom is -0.493 e. The van der Waals surface area contributed by atoms with Gasteiger partial charge in [-0.1, -0.05) is 12.1 Å². The monoisotopic (exact) mass is 341 g/mol. The van der Waals surface area contributed by atoms with Crippen LogP contribution in [-0.4, -0.2) is 37.7 Å². The molecule has 0 fully saturated rings. The topological polar surface area (TPSA) is 77.4 Å². The van der Waals surface area contributed by atoms with Gasteiger partial charge in [-0.15, -0.1) is 0 Å². The van der Waals surface area contributed by atoms with Crippen LogP contribution in [0, 0.1) is 0 Å². The Morgan fingerprint density at radius 2 is 1.80 bits per heavy atom. The van der Waals surface area contributed by atoms with Crippen molar-refractivity contribution < 1.29 is 24.1 Å². The molecule has 130 valence electrons. The Labute approximate surface area is 145 Å². The van der Waals surface area contributed by atoms with Crippen molar-refractivity contribution in [1.29, 1.82) is 0 Å². The zero-order valence-electron chi connectivity index (χ0n) is 14.1. The molecule has 0 aliphatic carbocycles. The highest BCUT2D eigenvalue weighted by molar-refractivity contribution is 6.04. The zero-order chi connectivity index (χ0) is 17.8. The summed E-state index contributed by atoms with van der Waals surface area (Å²) < 4.78 is 15.4. The highest BCUT2D eigenvalue weighted by Gasteiger charge is 2.18. The van der Waals surface area contributed by atoms with Gasteiger partial charge in [0.2, 0.25) is 0 Å². The predicted molar refractivity (Wildman–Crippen MR) is 93.5 cm³/mol. The Morgan fingerprint density at radius 3 is 2.44 bits per heavy atom. The molecule has 6 heteroatoms. The summed E-state index contributed by atoms with van der Waals surface area (Å²) in [5.74, 6) is 1.70. The lowest BCUT2D eigenvalue weighted by molar-refractivity contribution is 0.144. The van der Waals surface area contributed by atoms with Crippen LogP contribution in [0.4, 0.5) is 4.79 Å². The van der Waals surface area contributed by atoms with Crippen LogP contribution >= 0.6 is 0 Å². The number of hydrogen-bond acceptors (Lipinski definition) is 5. The molecule has 0 aromatic heterocycles. The first-order chi connectivity index (χ1) is 12.1. The Balaban J connectivity index is 1.85. The van der Waals surface area contributed by atoms with Gasteiger partial charge in [-0.25, -0.2) is 4.79 Å².